The zero-order chi connectivity index (χ0) is 13.1. The lowest BCUT2D eigenvalue weighted by Crippen LogP contribution is -2.20. The molecule has 0 fully saturated rings. The molecule has 1 rings (SSSR count). The average molecular weight is 234 g/mol. The van der Waals surface area contributed by atoms with E-state index in [-0.39, 0.29) is 17.2 Å². The van der Waals surface area contributed by atoms with Crippen molar-refractivity contribution in [2.45, 2.75) is 13.8 Å². The fourth-order valence-electron chi connectivity index (χ4n) is 1.69. The number of carbonyl (C=O) groups is 2. The van der Waals surface area contributed by atoms with E-state index in [0.717, 1.165) is 0 Å². The third-order valence-corrected chi connectivity index (χ3v) is 2.48. The monoisotopic (exact) mass is 234 g/mol. The predicted molar refractivity (Wildman–Crippen MR) is 67.2 cm³/mol. The Hall–Kier alpha value is -1.84. The van der Waals surface area contributed by atoms with Gasteiger partial charge in [0.2, 0.25) is 0 Å². The van der Waals surface area contributed by atoms with Gasteiger partial charge in [-0.25, -0.2) is 0 Å². The molecule has 0 aromatic carbocycles. The molecule has 0 bridgehead atoms. The van der Waals surface area contributed by atoms with Crippen LogP contribution in [0.5, 0.6) is 0 Å². The van der Waals surface area contributed by atoms with Crippen LogP contribution in [0.25, 0.3) is 0 Å². The molecule has 4 nitrogen and oxygen atoms in total. The molecule has 0 saturated carbocycles. The Labute approximate surface area is 101 Å². The lowest BCUT2D eigenvalue weighted by atomic mass is 9.89. The standard InChI is InChI=1S/C13H18N2O2/c1-13(2)7-9(11(16)14-3)5-6-10(8-13)12(17)15-4/h5-8H,1-4H3,(H,14,16)(H,15,17). The number of hydrogen-bond donors (Lipinski definition) is 2. The Morgan fingerprint density at radius 3 is 1.59 bits per heavy atom. The number of hydrogen-bond acceptors (Lipinski definition) is 2. The fraction of sp³-hybridized carbons (Fsp3) is 0.385. The maximum atomic E-state index is 11.6. The summed E-state index contributed by atoms with van der Waals surface area (Å²) >= 11 is 0. The summed E-state index contributed by atoms with van der Waals surface area (Å²) in [5.74, 6) is -0.304. The summed E-state index contributed by atoms with van der Waals surface area (Å²) in [6.45, 7) is 3.90. The molecule has 4 heteroatoms. The maximum Gasteiger partial charge on any atom is 0.250 e. The van der Waals surface area contributed by atoms with Gasteiger partial charge >= 0.3 is 0 Å². The smallest absolute Gasteiger partial charge is 0.250 e. The second-order valence-corrected chi connectivity index (χ2v) is 4.51. The zero-order valence-corrected chi connectivity index (χ0v) is 10.6. The van der Waals surface area contributed by atoms with Crippen molar-refractivity contribution < 1.29 is 9.59 Å². The number of rotatable bonds is 2. The molecule has 2 amide bonds. The summed E-state index contributed by atoms with van der Waals surface area (Å²) in [6, 6.07) is 0. The van der Waals surface area contributed by atoms with Crippen LogP contribution in [0, 0.1) is 5.41 Å². The quantitative estimate of drug-likeness (QED) is 0.746. The van der Waals surface area contributed by atoms with Crippen molar-refractivity contribution in [1.29, 1.82) is 0 Å². The van der Waals surface area contributed by atoms with E-state index in [4.69, 9.17) is 0 Å². The largest absolute Gasteiger partial charge is 0.355 e. The molecule has 0 saturated heterocycles. The number of allylic oxidation sites excluding steroid dienone is 2. The first-order valence-electron chi connectivity index (χ1n) is 5.47. The molecular formula is C13H18N2O2. The fourth-order valence-corrected chi connectivity index (χ4v) is 1.69. The van der Waals surface area contributed by atoms with Crippen molar-refractivity contribution in [2.24, 2.45) is 5.41 Å². The van der Waals surface area contributed by atoms with E-state index in [1.54, 1.807) is 26.2 Å². The van der Waals surface area contributed by atoms with Crippen molar-refractivity contribution in [1.82, 2.24) is 10.6 Å². The SMILES string of the molecule is CNC(=O)C1=CC(C)(C)C=C(C(=O)NC)C=C1. The summed E-state index contributed by atoms with van der Waals surface area (Å²) in [6.07, 6.45) is 7.01. The van der Waals surface area contributed by atoms with E-state index in [1.165, 1.54) is 0 Å². The molecule has 0 atom stereocenters. The molecule has 1 aliphatic carbocycles. The lowest BCUT2D eigenvalue weighted by molar-refractivity contribution is -0.117. The lowest BCUT2D eigenvalue weighted by Gasteiger charge is -2.16. The van der Waals surface area contributed by atoms with Crippen molar-refractivity contribution in [3.63, 3.8) is 0 Å². The van der Waals surface area contributed by atoms with Crippen LogP contribution in [-0.2, 0) is 9.59 Å². The van der Waals surface area contributed by atoms with Gasteiger partial charge in [0.05, 0.1) is 0 Å². The van der Waals surface area contributed by atoms with Gasteiger partial charge in [-0.05, 0) is 12.2 Å². The molecule has 0 spiro atoms. The topological polar surface area (TPSA) is 58.2 Å². The Morgan fingerprint density at radius 2 is 1.29 bits per heavy atom. The molecule has 0 aromatic heterocycles. The first kappa shape index (κ1) is 13.2. The van der Waals surface area contributed by atoms with E-state index >= 15 is 0 Å². The molecule has 0 radical (unpaired) electrons. The van der Waals surface area contributed by atoms with Crippen LogP contribution < -0.4 is 10.6 Å². The predicted octanol–water partition coefficient (Wildman–Crippen LogP) is 0.927. The summed E-state index contributed by atoms with van der Waals surface area (Å²) < 4.78 is 0. The molecule has 0 heterocycles. The Kier molecular flexibility index (Phi) is 3.89. The minimum Gasteiger partial charge on any atom is -0.355 e. The van der Waals surface area contributed by atoms with Crippen LogP contribution in [0.2, 0.25) is 0 Å². The third kappa shape index (κ3) is 3.31. The number of amides is 2. The van der Waals surface area contributed by atoms with Gasteiger partial charge in [0.25, 0.3) is 11.8 Å². The van der Waals surface area contributed by atoms with Gasteiger partial charge < -0.3 is 10.6 Å². The van der Waals surface area contributed by atoms with Crippen LogP contribution in [-0.4, -0.2) is 25.9 Å². The molecule has 92 valence electrons. The van der Waals surface area contributed by atoms with E-state index in [0.29, 0.717) is 11.1 Å². The third-order valence-electron chi connectivity index (χ3n) is 2.48. The summed E-state index contributed by atoms with van der Waals surface area (Å²) in [7, 11) is 3.17. The number of likely N-dealkylation sites (N-methyl/N-ethyl adjacent to an activating group) is 2. The summed E-state index contributed by atoms with van der Waals surface area (Å²) in [5.41, 5.74) is 0.785. The van der Waals surface area contributed by atoms with Crippen LogP contribution in [0.3, 0.4) is 0 Å². The van der Waals surface area contributed by atoms with Gasteiger partial charge in [-0.15, -0.1) is 0 Å². The van der Waals surface area contributed by atoms with Crippen LogP contribution in [0.4, 0.5) is 0 Å². The molecule has 1 aliphatic rings. The van der Waals surface area contributed by atoms with Gasteiger partial charge in [0, 0.05) is 30.7 Å². The van der Waals surface area contributed by atoms with E-state index in [1.807, 2.05) is 26.0 Å². The van der Waals surface area contributed by atoms with Crippen LogP contribution >= 0.6 is 0 Å². The normalized spacial score (nSPS) is 17.6. The first-order chi connectivity index (χ1) is 7.89. The second kappa shape index (κ2) is 4.99. The minimum absolute atomic E-state index is 0.152. The van der Waals surface area contributed by atoms with E-state index in [9.17, 15) is 9.59 Å². The van der Waals surface area contributed by atoms with Gasteiger partial charge in [-0.1, -0.05) is 26.0 Å². The molecule has 2 N–H and O–H groups in total. The molecule has 17 heavy (non-hydrogen) atoms. The Bertz CT molecular complexity index is 391. The summed E-state index contributed by atoms with van der Waals surface area (Å²) in [4.78, 5) is 23.2. The number of nitrogens with one attached hydrogen (secondary N) is 2. The highest BCUT2D eigenvalue weighted by Gasteiger charge is 2.20. The van der Waals surface area contributed by atoms with Crippen molar-refractivity contribution in [3.05, 3.63) is 35.5 Å². The van der Waals surface area contributed by atoms with Crippen molar-refractivity contribution in [3.8, 4) is 0 Å². The highest BCUT2D eigenvalue weighted by molar-refractivity contribution is 5.99. The summed E-state index contributed by atoms with van der Waals surface area (Å²) in [5, 5.41) is 5.15. The van der Waals surface area contributed by atoms with Gasteiger partial charge in [-0.3, -0.25) is 9.59 Å². The zero-order valence-electron chi connectivity index (χ0n) is 10.6. The highest BCUT2D eigenvalue weighted by atomic mass is 16.2. The Balaban J connectivity index is 3.13. The van der Waals surface area contributed by atoms with Crippen molar-refractivity contribution in [2.75, 3.05) is 14.1 Å². The molecule has 0 aliphatic heterocycles. The Morgan fingerprint density at radius 1 is 0.941 bits per heavy atom. The highest BCUT2D eigenvalue weighted by Crippen LogP contribution is 2.26. The average Bonchev–Trinajstić information content (AvgIpc) is 2.45. The van der Waals surface area contributed by atoms with Gasteiger partial charge in [-0.2, -0.15) is 0 Å². The van der Waals surface area contributed by atoms with Gasteiger partial charge in [0.15, 0.2) is 0 Å². The van der Waals surface area contributed by atoms with E-state index in [2.05, 4.69) is 10.6 Å². The second-order valence-electron chi connectivity index (χ2n) is 4.51. The number of carbonyl (C=O) groups excluding carboxylic acids is 2. The minimum atomic E-state index is -0.340. The van der Waals surface area contributed by atoms with Crippen LogP contribution in [0.15, 0.2) is 35.5 Å². The first-order valence-corrected chi connectivity index (χ1v) is 5.47. The van der Waals surface area contributed by atoms with E-state index < -0.39 is 0 Å². The van der Waals surface area contributed by atoms with Crippen molar-refractivity contribution >= 4 is 11.8 Å². The molecular weight excluding hydrogens is 216 g/mol. The molecule has 0 aromatic rings. The van der Waals surface area contributed by atoms with Gasteiger partial charge in [0.1, 0.15) is 0 Å². The maximum absolute atomic E-state index is 11.6. The molecule has 0 unspecified atom stereocenters. The van der Waals surface area contributed by atoms with Crippen LogP contribution in [0.1, 0.15) is 13.8 Å².